The first kappa shape index (κ1) is 14.5. The summed E-state index contributed by atoms with van der Waals surface area (Å²) in [7, 11) is 0. The normalized spacial score (nSPS) is 13.0. The van der Waals surface area contributed by atoms with Gasteiger partial charge in [-0.15, -0.1) is 12.8 Å². The molecule has 98 valence electrons. The zero-order valence-electron chi connectivity index (χ0n) is 10.7. The van der Waals surface area contributed by atoms with Crippen molar-refractivity contribution in [2.45, 2.75) is 11.8 Å². The maximum absolute atomic E-state index is 5.90. The average Bonchev–Trinajstić information content (AvgIpc) is 2.47. The highest BCUT2D eigenvalue weighted by molar-refractivity contribution is 6.30. The van der Waals surface area contributed by atoms with Crippen LogP contribution in [0.2, 0.25) is 10.0 Å². The van der Waals surface area contributed by atoms with Gasteiger partial charge in [0.1, 0.15) is 0 Å². The highest BCUT2D eigenvalue weighted by Crippen LogP contribution is 2.33. The van der Waals surface area contributed by atoms with Crippen LogP contribution in [-0.4, -0.2) is 0 Å². The van der Waals surface area contributed by atoms with E-state index in [1.165, 1.54) is 0 Å². The van der Waals surface area contributed by atoms with E-state index < -0.39 is 0 Å². The lowest BCUT2D eigenvalue weighted by Gasteiger charge is -2.19. The van der Waals surface area contributed by atoms with Crippen LogP contribution in [0.25, 0.3) is 0 Å². The number of halogens is 2. The maximum atomic E-state index is 5.90. The van der Waals surface area contributed by atoms with Gasteiger partial charge in [-0.3, -0.25) is 0 Å². The fraction of sp³-hybridized carbons (Fsp3) is 0.111. The van der Waals surface area contributed by atoms with E-state index in [4.69, 9.17) is 36.0 Å². The minimum Gasteiger partial charge on any atom is -0.119 e. The Hall–Kier alpha value is -1.86. The third kappa shape index (κ3) is 3.17. The van der Waals surface area contributed by atoms with Crippen molar-refractivity contribution in [1.29, 1.82) is 0 Å². The number of benzene rings is 2. The molecule has 0 radical (unpaired) electrons. The van der Waals surface area contributed by atoms with E-state index in [0.717, 1.165) is 11.1 Å². The van der Waals surface area contributed by atoms with Gasteiger partial charge < -0.3 is 0 Å². The maximum Gasteiger partial charge on any atom is 0.0628 e. The molecule has 0 N–H and O–H groups in total. The van der Waals surface area contributed by atoms with E-state index in [1.807, 2.05) is 48.5 Å². The molecule has 0 aliphatic heterocycles. The molecular weight excluding hydrogens is 287 g/mol. The molecule has 0 amide bonds. The van der Waals surface area contributed by atoms with Crippen LogP contribution >= 0.6 is 23.2 Å². The summed E-state index contributed by atoms with van der Waals surface area (Å²) >= 11 is 11.8. The first-order valence-corrected chi connectivity index (χ1v) is 6.84. The summed E-state index contributed by atoms with van der Waals surface area (Å²) in [6.07, 6.45) is 11.4. The van der Waals surface area contributed by atoms with E-state index in [1.54, 1.807) is 0 Å². The molecular formula is C18H12Cl2. The van der Waals surface area contributed by atoms with Crippen LogP contribution in [0.4, 0.5) is 0 Å². The lowest BCUT2D eigenvalue weighted by atomic mass is 9.82. The van der Waals surface area contributed by atoms with Crippen molar-refractivity contribution < 1.29 is 0 Å². The molecule has 0 aliphatic rings. The van der Waals surface area contributed by atoms with E-state index in [0.29, 0.717) is 10.0 Å². The van der Waals surface area contributed by atoms with Crippen LogP contribution in [0.5, 0.6) is 0 Å². The van der Waals surface area contributed by atoms with Gasteiger partial charge in [-0.2, -0.15) is 0 Å². The van der Waals surface area contributed by atoms with Gasteiger partial charge >= 0.3 is 0 Å². The highest BCUT2D eigenvalue weighted by Gasteiger charge is 2.21. The SMILES string of the molecule is C#C[C@H](c1ccc(Cl)cc1)[C@H](C#C)c1ccc(Cl)cc1. The lowest BCUT2D eigenvalue weighted by molar-refractivity contribution is 0.781. The molecule has 2 aromatic carbocycles. The van der Waals surface area contributed by atoms with Crippen LogP contribution < -0.4 is 0 Å². The minimum atomic E-state index is -0.196. The zero-order valence-corrected chi connectivity index (χ0v) is 12.2. The van der Waals surface area contributed by atoms with Gasteiger partial charge in [-0.05, 0) is 35.4 Å². The molecule has 0 unspecified atom stereocenters. The predicted octanol–water partition coefficient (Wildman–Crippen LogP) is 5.13. The molecule has 0 nitrogen and oxygen atoms in total. The molecule has 2 rings (SSSR count). The molecule has 2 aromatic rings. The van der Waals surface area contributed by atoms with Gasteiger partial charge in [-0.1, -0.05) is 59.3 Å². The third-order valence-corrected chi connectivity index (χ3v) is 3.65. The van der Waals surface area contributed by atoms with Gasteiger partial charge in [0.05, 0.1) is 11.8 Å². The average molecular weight is 299 g/mol. The molecule has 20 heavy (non-hydrogen) atoms. The van der Waals surface area contributed by atoms with Crippen molar-refractivity contribution in [2.75, 3.05) is 0 Å². The number of terminal acetylenes is 2. The predicted molar refractivity (Wildman–Crippen MR) is 86.1 cm³/mol. The van der Waals surface area contributed by atoms with Crippen molar-refractivity contribution in [3.05, 3.63) is 69.7 Å². The van der Waals surface area contributed by atoms with Gasteiger partial charge in [-0.25, -0.2) is 0 Å². The fourth-order valence-electron chi connectivity index (χ4n) is 2.11. The molecule has 0 spiro atoms. The van der Waals surface area contributed by atoms with Gasteiger partial charge in [0.25, 0.3) is 0 Å². The first-order valence-electron chi connectivity index (χ1n) is 6.09. The van der Waals surface area contributed by atoms with Gasteiger partial charge in [0, 0.05) is 10.0 Å². The second kappa shape index (κ2) is 6.53. The van der Waals surface area contributed by atoms with Crippen molar-refractivity contribution in [2.24, 2.45) is 0 Å². The number of hydrogen-bond acceptors (Lipinski definition) is 0. The molecule has 2 atom stereocenters. The number of rotatable bonds is 3. The molecule has 2 heteroatoms. The van der Waals surface area contributed by atoms with Crippen molar-refractivity contribution >= 4 is 23.2 Å². The zero-order chi connectivity index (χ0) is 14.5. The van der Waals surface area contributed by atoms with Crippen LogP contribution in [0.1, 0.15) is 23.0 Å². The Bertz CT molecular complexity index is 593. The second-order valence-corrected chi connectivity index (χ2v) is 5.26. The summed E-state index contributed by atoms with van der Waals surface area (Å²) < 4.78 is 0. The summed E-state index contributed by atoms with van der Waals surface area (Å²) in [4.78, 5) is 0. The largest absolute Gasteiger partial charge is 0.119 e. The first-order chi connectivity index (χ1) is 9.65. The molecule has 0 fully saturated rings. The topological polar surface area (TPSA) is 0 Å². The Balaban J connectivity index is 2.38. The lowest BCUT2D eigenvalue weighted by Crippen LogP contribution is -2.08. The molecule has 0 aromatic heterocycles. The Labute approximate surface area is 129 Å². The van der Waals surface area contributed by atoms with E-state index in [-0.39, 0.29) is 11.8 Å². The molecule has 0 bridgehead atoms. The van der Waals surface area contributed by atoms with Crippen LogP contribution in [0.3, 0.4) is 0 Å². The van der Waals surface area contributed by atoms with Crippen molar-refractivity contribution in [1.82, 2.24) is 0 Å². The Morgan fingerprint density at radius 3 is 1.20 bits per heavy atom. The van der Waals surface area contributed by atoms with Gasteiger partial charge in [0.15, 0.2) is 0 Å². The standard InChI is InChI=1S/C18H12Cl2/c1-3-17(13-5-9-15(19)10-6-13)18(4-2)14-7-11-16(20)12-8-14/h1-2,5-12,17-18H/t17-,18-/m1/s1. The Morgan fingerprint density at radius 2 is 0.950 bits per heavy atom. The van der Waals surface area contributed by atoms with Crippen LogP contribution in [-0.2, 0) is 0 Å². The Morgan fingerprint density at radius 1 is 0.650 bits per heavy atom. The van der Waals surface area contributed by atoms with Gasteiger partial charge in [0.2, 0.25) is 0 Å². The second-order valence-electron chi connectivity index (χ2n) is 4.39. The molecule has 0 saturated heterocycles. The minimum absolute atomic E-state index is 0.196. The van der Waals surface area contributed by atoms with Crippen molar-refractivity contribution in [3.8, 4) is 24.7 Å². The van der Waals surface area contributed by atoms with Crippen molar-refractivity contribution in [3.63, 3.8) is 0 Å². The highest BCUT2D eigenvalue weighted by atomic mass is 35.5. The van der Waals surface area contributed by atoms with Crippen LogP contribution in [0.15, 0.2) is 48.5 Å². The summed E-state index contributed by atoms with van der Waals surface area (Å²) in [6.45, 7) is 0. The monoisotopic (exact) mass is 298 g/mol. The smallest absolute Gasteiger partial charge is 0.0628 e. The van der Waals surface area contributed by atoms with E-state index >= 15 is 0 Å². The summed E-state index contributed by atoms with van der Waals surface area (Å²) in [5.74, 6) is 5.17. The third-order valence-electron chi connectivity index (χ3n) is 3.15. The quantitative estimate of drug-likeness (QED) is 0.689. The van der Waals surface area contributed by atoms with E-state index in [2.05, 4.69) is 11.8 Å². The van der Waals surface area contributed by atoms with E-state index in [9.17, 15) is 0 Å². The van der Waals surface area contributed by atoms with Crippen LogP contribution in [0, 0.1) is 24.7 Å². The summed E-state index contributed by atoms with van der Waals surface area (Å²) in [6, 6.07) is 14.9. The fourth-order valence-corrected chi connectivity index (χ4v) is 2.36. The molecule has 0 heterocycles. The Kier molecular flexibility index (Phi) is 4.75. The molecule has 0 saturated carbocycles. The summed E-state index contributed by atoms with van der Waals surface area (Å²) in [5, 5.41) is 1.35. The molecule has 0 aliphatic carbocycles. The summed E-state index contributed by atoms with van der Waals surface area (Å²) in [5.41, 5.74) is 1.96. The number of hydrogen-bond donors (Lipinski definition) is 0.